The summed E-state index contributed by atoms with van der Waals surface area (Å²) in [5.41, 5.74) is 6.34. The number of hydrogen-bond donors (Lipinski definition) is 1. The Morgan fingerprint density at radius 1 is 1.22 bits per heavy atom. The molecule has 1 aliphatic rings. The van der Waals surface area contributed by atoms with Gasteiger partial charge in [0.2, 0.25) is 5.27 Å². The van der Waals surface area contributed by atoms with Gasteiger partial charge in [0.1, 0.15) is 0 Å². The normalized spacial score (nSPS) is 15.7. The average molecular weight is 316 g/mol. The number of Topliss-reactive ketones (excluding diaryl/α,β-unsaturated/α-hetero) is 1. The molecule has 1 saturated heterocycles. The molecule has 23 heavy (non-hydrogen) atoms. The Labute approximate surface area is 135 Å². The highest BCUT2D eigenvalue weighted by molar-refractivity contribution is 5.95. The number of hydrogen-bond acceptors (Lipinski definition) is 6. The van der Waals surface area contributed by atoms with Gasteiger partial charge in [-0.25, -0.2) is 0 Å². The molecule has 0 atom stereocenters. The summed E-state index contributed by atoms with van der Waals surface area (Å²) >= 11 is 0. The Morgan fingerprint density at radius 3 is 2.61 bits per heavy atom. The van der Waals surface area contributed by atoms with Crippen LogP contribution in [0.1, 0.15) is 23.2 Å². The summed E-state index contributed by atoms with van der Waals surface area (Å²) in [7, 11) is 0. The summed E-state index contributed by atoms with van der Waals surface area (Å²) < 4.78 is 4.88. The SMILES string of the molecule is Nc1c[n+](N2CCN(CCCC(=O)c3ccccc3)CC2)no1. The molecule has 1 aliphatic heterocycles. The van der Waals surface area contributed by atoms with Crippen molar-refractivity contribution in [3.63, 3.8) is 0 Å². The van der Waals surface area contributed by atoms with Gasteiger partial charge in [-0.15, -0.1) is 0 Å². The predicted octanol–water partition coefficient (Wildman–Crippen LogP) is 0.461. The first-order valence-corrected chi connectivity index (χ1v) is 7.92. The van der Waals surface area contributed by atoms with Crippen molar-refractivity contribution in [2.45, 2.75) is 12.8 Å². The average Bonchev–Trinajstić information content (AvgIpc) is 3.03. The summed E-state index contributed by atoms with van der Waals surface area (Å²) in [4.78, 5) is 16.1. The molecule has 0 saturated carbocycles. The second-order valence-corrected chi connectivity index (χ2v) is 5.71. The molecule has 0 aliphatic carbocycles. The second kappa shape index (κ2) is 7.23. The first-order chi connectivity index (χ1) is 11.2. The van der Waals surface area contributed by atoms with E-state index in [1.54, 1.807) is 11.0 Å². The van der Waals surface area contributed by atoms with Gasteiger partial charge in [-0.2, -0.15) is 5.01 Å². The maximum Gasteiger partial charge on any atom is 0.296 e. The molecule has 2 N–H and O–H groups in total. The number of benzene rings is 1. The number of nitrogens with zero attached hydrogens (tertiary/aromatic N) is 4. The number of carbonyl (C=O) groups is 1. The van der Waals surface area contributed by atoms with Crippen LogP contribution in [0, 0.1) is 0 Å². The van der Waals surface area contributed by atoms with Gasteiger partial charge < -0.3 is 5.73 Å². The van der Waals surface area contributed by atoms with E-state index in [1.807, 2.05) is 30.3 Å². The van der Waals surface area contributed by atoms with Crippen molar-refractivity contribution >= 4 is 11.7 Å². The molecular formula is C16H22N5O2+. The first kappa shape index (κ1) is 15.5. The lowest BCUT2D eigenvalue weighted by Gasteiger charge is -2.29. The molecule has 0 spiro atoms. The van der Waals surface area contributed by atoms with Crippen molar-refractivity contribution < 1.29 is 14.1 Å². The van der Waals surface area contributed by atoms with E-state index in [9.17, 15) is 4.79 Å². The Bertz CT molecular complexity index is 635. The lowest BCUT2D eigenvalue weighted by atomic mass is 10.1. The zero-order chi connectivity index (χ0) is 16.1. The summed E-state index contributed by atoms with van der Waals surface area (Å²) in [6.07, 6.45) is 3.16. The number of carbonyl (C=O) groups excluding carboxylic acids is 1. The Morgan fingerprint density at radius 2 is 1.96 bits per heavy atom. The van der Waals surface area contributed by atoms with Crippen LogP contribution in [0.3, 0.4) is 0 Å². The number of rotatable bonds is 6. The molecule has 7 nitrogen and oxygen atoms in total. The van der Waals surface area contributed by atoms with Gasteiger partial charge in [-0.3, -0.25) is 14.2 Å². The maximum absolute atomic E-state index is 12.1. The molecule has 3 rings (SSSR count). The molecule has 2 aromatic rings. The molecule has 1 aromatic carbocycles. The van der Waals surface area contributed by atoms with E-state index >= 15 is 0 Å². The van der Waals surface area contributed by atoms with Crippen LogP contribution in [0.4, 0.5) is 5.88 Å². The first-order valence-electron chi connectivity index (χ1n) is 7.92. The zero-order valence-corrected chi connectivity index (χ0v) is 13.1. The molecular weight excluding hydrogens is 294 g/mol. The minimum atomic E-state index is 0.220. The minimum absolute atomic E-state index is 0.220. The van der Waals surface area contributed by atoms with E-state index in [0.717, 1.165) is 44.7 Å². The van der Waals surface area contributed by atoms with Crippen molar-refractivity contribution in [2.24, 2.45) is 0 Å². The molecule has 0 unspecified atom stereocenters. The van der Waals surface area contributed by atoms with E-state index in [1.165, 1.54) is 0 Å². The van der Waals surface area contributed by atoms with E-state index < -0.39 is 0 Å². The maximum atomic E-state index is 12.1. The fraction of sp³-hybridized carbons (Fsp3) is 0.438. The summed E-state index contributed by atoms with van der Waals surface area (Å²) in [6.45, 7) is 4.56. The number of ketones is 1. The van der Waals surface area contributed by atoms with Gasteiger partial charge in [-0.1, -0.05) is 30.3 Å². The molecule has 7 heteroatoms. The summed E-state index contributed by atoms with van der Waals surface area (Å²) in [6, 6.07) is 9.49. The second-order valence-electron chi connectivity index (χ2n) is 5.71. The van der Waals surface area contributed by atoms with Crippen LogP contribution < -0.4 is 15.5 Å². The van der Waals surface area contributed by atoms with Gasteiger partial charge in [0, 0.05) is 25.1 Å². The highest BCUT2D eigenvalue weighted by Crippen LogP contribution is 2.07. The molecule has 2 heterocycles. The lowest BCUT2D eigenvalue weighted by Crippen LogP contribution is -2.65. The predicted molar refractivity (Wildman–Crippen MR) is 85.5 cm³/mol. The van der Waals surface area contributed by atoms with Gasteiger partial charge in [0.05, 0.1) is 17.9 Å². The Kier molecular flexibility index (Phi) is 4.87. The zero-order valence-electron chi connectivity index (χ0n) is 13.1. The number of piperazine rings is 1. The molecule has 1 fully saturated rings. The largest absolute Gasteiger partial charge is 0.362 e. The van der Waals surface area contributed by atoms with Gasteiger partial charge in [-0.05, 0) is 13.0 Å². The summed E-state index contributed by atoms with van der Waals surface area (Å²) in [5, 5.41) is 5.95. The van der Waals surface area contributed by atoms with Crippen molar-refractivity contribution in [2.75, 3.05) is 43.5 Å². The number of nitrogens with two attached hydrogens (primary N) is 1. The van der Waals surface area contributed by atoms with Crippen LogP contribution >= 0.6 is 0 Å². The third kappa shape index (κ3) is 4.07. The fourth-order valence-corrected chi connectivity index (χ4v) is 2.78. The molecule has 0 radical (unpaired) electrons. The number of anilines is 1. The molecule has 122 valence electrons. The van der Waals surface area contributed by atoms with Gasteiger partial charge >= 0.3 is 0 Å². The minimum Gasteiger partial charge on any atom is -0.362 e. The fourth-order valence-electron chi connectivity index (χ4n) is 2.78. The van der Waals surface area contributed by atoms with E-state index in [4.69, 9.17) is 10.3 Å². The van der Waals surface area contributed by atoms with E-state index in [0.29, 0.717) is 12.3 Å². The van der Waals surface area contributed by atoms with Crippen LogP contribution in [0.2, 0.25) is 0 Å². The topological polar surface area (TPSA) is 79.5 Å². The lowest BCUT2D eigenvalue weighted by molar-refractivity contribution is -0.759. The number of aromatic nitrogens is 2. The molecule has 0 amide bonds. The quantitative estimate of drug-likeness (QED) is 0.616. The van der Waals surface area contributed by atoms with Crippen LogP contribution in [0.15, 0.2) is 41.1 Å². The van der Waals surface area contributed by atoms with Crippen LogP contribution in [-0.2, 0) is 0 Å². The highest BCUT2D eigenvalue weighted by atomic mass is 16.5. The highest BCUT2D eigenvalue weighted by Gasteiger charge is 2.25. The smallest absolute Gasteiger partial charge is 0.296 e. The molecule has 1 aromatic heterocycles. The van der Waals surface area contributed by atoms with E-state index in [-0.39, 0.29) is 5.78 Å². The van der Waals surface area contributed by atoms with Crippen molar-refractivity contribution in [3.8, 4) is 0 Å². The van der Waals surface area contributed by atoms with Crippen molar-refractivity contribution in [3.05, 3.63) is 42.1 Å². The third-order valence-electron chi connectivity index (χ3n) is 4.09. The van der Waals surface area contributed by atoms with Gasteiger partial charge in [0.15, 0.2) is 5.78 Å². The molecule has 0 bridgehead atoms. The van der Waals surface area contributed by atoms with Crippen LogP contribution in [-0.4, -0.2) is 48.7 Å². The van der Waals surface area contributed by atoms with Crippen molar-refractivity contribution in [1.82, 2.24) is 10.2 Å². The van der Waals surface area contributed by atoms with Crippen LogP contribution in [0.25, 0.3) is 0 Å². The Hall–Kier alpha value is -2.41. The Balaban J connectivity index is 1.39. The van der Waals surface area contributed by atoms with Crippen LogP contribution in [0.5, 0.6) is 0 Å². The standard InChI is InChI=1S/C16H22N5O2/c17-16-13-21(18-23-16)20-11-9-19(10-12-20)8-4-7-15(22)14-5-2-1-3-6-14/h1-3,5-6,13H,4,7-12,17H2/q+1. The van der Waals surface area contributed by atoms with Gasteiger partial charge in [0.25, 0.3) is 12.1 Å². The van der Waals surface area contributed by atoms with Crippen molar-refractivity contribution in [1.29, 1.82) is 0 Å². The third-order valence-corrected chi connectivity index (χ3v) is 4.09. The number of nitrogen functional groups attached to an aromatic ring is 1. The summed E-state index contributed by atoms with van der Waals surface area (Å²) in [5.74, 6) is 0.532. The van der Waals surface area contributed by atoms with E-state index in [2.05, 4.69) is 15.2 Å². The monoisotopic (exact) mass is 316 g/mol.